The van der Waals surface area contributed by atoms with Crippen molar-refractivity contribution < 1.29 is 9.59 Å². The molecular formula is C17H16N2O2. The van der Waals surface area contributed by atoms with E-state index < -0.39 is 0 Å². The van der Waals surface area contributed by atoms with E-state index in [-0.39, 0.29) is 18.1 Å². The highest BCUT2D eigenvalue weighted by molar-refractivity contribution is 6.09. The minimum Gasteiger partial charge on any atom is -0.294 e. The van der Waals surface area contributed by atoms with Crippen LogP contribution in [0.1, 0.15) is 34.1 Å². The minimum atomic E-state index is -0.290. The van der Waals surface area contributed by atoms with Gasteiger partial charge in [0.25, 0.3) is 5.91 Å². The molecule has 0 aliphatic carbocycles. The molecule has 0 spiro atoms. The first-order valence-corrected chi connectivity index (χ1v) is 6.63. The summed E-state index contributed by atoms with van der Waals surface area (Å²) in [7, 11) is 0. The Hall–Kier alpha value is -2.75. The Morgan fingerprint density at radius 1 is 0.905 bits per heavy atom. The Morgan fingerprint density at radius 2 is 1.43 bits per heavy atom. The number of amides is 1. The van der Waals surface area contributed by atoms with Gasteiger partial charge >= 0.3 is 0 Å². The van der Waals surface area contributed by atoms with Gasteiger partial charge in [0.05, 0.1) is 6.42 Å². The van der Waals surface area contributed by atoms with Gasteiger partial charge in [-0.25, -0.2) is 5.43 Å². The lowest BCUT2D eigenvalue weighted by Gasteiger charge is -2.03. The second-order valence-electron chi connectivity index (χ2n) is 4.62. The molecule has 2 rings (SSSR count). The lowest BCUT2D eigenvalue weighted by molar-refractivity contribution is 0.0951. The van der Waals surface area contributed by atoms with Crippen LogP contribution in [0.4, 0.5) is 0 Å². The van der Waals surface area contributed by atoms with Crippen molar-refractivity contribution in [1.29, 1.82) is 0 Å². The highest BCUT2D eigenvalue weighted by atomic mass is 16.2. The van der Waals surface area contributed by atoms with Gasteiger partial charge in [0.15, 0.2) is 5.78 Å². The molecule has 2 aromatic carbocycles. The van der Waals surface area contributed by atoms with Crippen LogP contribution in [0.25, 0.3) is 0 Å². The third-order valence-corrected chi connectivity index (χ3v) is 2.90. The maximum Gasteiger partial charge on any atom is 0.271 e. The molecule has 0 fully saturated rings. The number of Topliss-reactive ketones (excluding diaryl/α,β-unsaturated/α-hetero) is 1. The van der Waals surface area contributed by atoms with Gasteiger partial charge in [-0.15, -0.1) is 0 Å². The smallest absolute Gasteiger partial charge is 0.271 e. The van der Waals surface area contributed by atoms with Crippen molar-refractivity contribution >= 4 is 17.4 Å². The summed E-state index contributed by atoms with van der Waals surface area (Å²) in [6.07, 6.45) is 0.180. The monoisotopic (exact) mass is 280 g/mol. The first-order valence-electron chi connectivity index (χ1n) is 6.63. The van der Waals surface area contributed by atoms with Crippen LogP contribution in [0.15, 0.2) is 65.8 Å². The summed E-state index contributed by atoms with van der Waals surface area (Å²) in [5.41, 5.74) is 4.19. The van der Waals surface area contributed by atoms with E-state index >= 15 is 0 Å². The Kier molecular flexibility index (Phi) is 4.99. The van der Waals surface area contributed by atoms with Crippen molar-refractivity contribution in [1.82, 2.24) is 5.43 Å². The fourth-order valence-electron chi connectivity index (χ4n) is 1.80. The molecule has 1 N–H and O–H groups in total. The van der Waals surface area contributed by atoms with Gasteiger partial charge in [0, 0.05) is 16.8 Å². The number of carbonyl (C=O) groups is 2. The van der Waals surface area contributed by atoms with Gasteiger partial charge in [-0.3, -0.25) is 9.59 Å². The summed E-state index contributed by atoms with van der Waals surface area (Å²) in [5, 5.41) is 3.96. The maximum atomic E-state index is 12.0. The van der Waals surface area contributed by atoms with Crippen molar-refractivity contribution in [2.45, 2.75) is 13.3 Å². The first kappa shape index (κ1) is 14.7. The van der Waals surface area contributed by atoms with E-state index in [9.17, 15) is 9.59 Å². The van der Waals surface area contributed by atoms with E-state index in [1.54, 1.807) is 43.3 Å². The zero-order valence-electron chi connectivity index (χ0n) is 11.7. The van der Waals surface area contributed by atoms with Gasteiger partial charge in [0.1, 0.15) is 0 Å². The van der Waals surface area contributed by atoms with Crippen LogP contribution in [0.3, 0.4) is 0 Å². The molecule has 0 bridgehead atoms. The van der Waals surface area contributed by atoms with Gasteiger partial charge in [-0.2, -0.15) is 5.10 Å². The fraction of sp³-hybridized carbons (Fsp3) is 0.118. The van der Waals surface area contributed by atoms with E-state index in [1.165, 1.54) is 0 Å². The van der Waals surface area contributed by atoms with Crippen molar-refractivity contribution in [2.24, 2.45) is 5.10 Å². The van der Waals surface area contributed by atoms with Crippen molar-refractivity contribution in [3.8, 4) is 0 Å². The summed E-state index contributed by atoms with van der Waals surface area (Å²) in [6, 6.07) is 17.8. The molecule has 0 unspecified atom stereocenters. The first-order chi connectivity index (χ1) is 10.2. The molecule has 0 saturated carbocycles. The van der Waals surface area contributed by atoms with E-state index in [0.29, 0.717) is 16.8 Å². The van der Waals surface area contributed by atoms with E-state index in [1.807, 2.05) is 24.3 Å². The molecule has 0 aliphatic heterocycles. The number of ketones is 1. The molecule has 4 heteroatoms. The fourth-order valence-corrected chi connectivity index (χ4v) is 1.80. The Bertz CT molecular complexity index is 649. The Morgan fingerprint density at radius 3 is 2.00 bits per heavy atom. The molecule has 0 aromatic heterocycles. The molecule has 0 atom stereocenters. The molecule has 4 nitrogen and oxygen atoms in total. The van der Waals surface area contributed by atoms with Crippen LogP contribution in [0.2, 0.25) is 0 Å². The summed E-state index contributed by atoms with van der Waals surface area (Å²) in [5.74, 6) is -0.312. The van der Waals surface area contributed by atoms with Crippen LogP contribution in [-0.2, 0) is 0 Å². The highest BCUT2D eigenvalue weighted by Gasteiger charge is 2.08. The van der Waals surface area contributed by atoms with Crippen molar-refractivity contribution in [3.63, 3.8) is 0 Å². The van der Waals surface area contributed by atoms with E-state index in [4.69, 9.17) is 0 Å². The number of benzene rings is 2. The minimum absolute atomic E-state index is 0.0224. The van der Waals surface area contributed by atoms with E-state index in [0.717, 1.165) is 0 Å². The van der Waals surface area contributed by atoms with Crippen LogP contribution in [0.5, 0.6) is 0 Å². The molecular weight excluding hydrogens is 264 g/mol. The van der Waals surface area contributed by atoms with Crippen LogP contribution < -0.4 is 5.43 Å². The lowest BCUT2D eigenvalue weighted by atomic mass is 10.1. The van der Waals surface area contributed by atoms with Gasteiger partial charge in [-0.1, -0.05) is 48.5 Å². The Labute approximate surface area is 123 Å². The van der Waals surface area contributed by atoms with Gasteiger partial charge in [-0.05, 0) is 19.1 Å². The van der Waals surface area contributed by atoms with Gasteiger partial charge in [0.2, 0.25) is 0 Å². The highest BCUT2D eigenvalue weighted by Crippen LogP contribution is 2.04. The number of hydrogen-bond acceptors (Lipinski definition) is 3. The number of nitrogens with one attached hydrogen (secondary N) is 1. The normalized spacial score (nSPS) is 11.0. The zero-order chi connectivity index (χ0) is 15.1. The van der Waals surface area contributed by atoms with Crippen LogP contribution in [-0.4, -0.2) is 17.4 Å². The number of carbonyl (C=O) groups excluding carboxylic acids is 2. The van der Waals surface area contributed by atoms with Gasteiger partial charge < -0.3 is 0 Å². The summed E-state index contributed by atoms with van der Waals surface area (Å²) in [4.78, 5) is 23.8. The molecule has 0 radical (unpaired) electrons. The average Bonchev–Trinajstić information content (AvgIpc) is 2.54. The quantitative estimate of drug-likeness (QED) is 0.520. The molecule has 21 heavy (non-hydrogen) atoms. The Balaban J connectivity index is 1.93. The molecule has 1 amide bonds. The van der Waals surface area contributed by atoms with Crippen molar-refractivity contribution in [2.75, 3.05) is 0 Å². The van der Waals surface area contributed by atoms with E-state index in [2.05, 4.69) is 10.5 Å². The maximum absolute atomic E-state index is 12.0. The van der Waals surface area contributed by atoms with Crippen LogP contribution >= 0.6 is 0 Å². The lowest BCUT2D eigenvalue weighted by Crippen LogP contribution is -2.19. The standard InChI is InChI=1S/C17H16N2O2/c1-13(12-16(20)14-8-4-2-5-9-14)18-19-17(21)15-10-6-3-7-11-15/h2-11H,12H2,1H3,(H,19,21). The second kappa shape index (κ2) is 7.14. The topological polar surface area (TPSA) is 58.5 Å². The van der Waals surface area contributed by atoms with Crippen LogP contribution in [0, 0.1) is 0 Å². The number of hydrazone groups is 1. The molecule has 0 heterocycles. The molecule has 0 aliphatic rings. The zero-order valence-corrected chi connectivity index (χ0v) is 11.7. The molecule has 106 valence electrons. The largest absolute Gasteiger partial charge is 0.294 e. The summed E-state index contributed by atoms with van der Waals surface area (Å²) >= 11 is 0. The predicted molar refractivity (Wildman–Crippen MR) is 82.4 cm³/mol. The SMILES string of the molecule is CC(CC(=O)c1ccccc1)=NNC(=O)c1ccccc1. The van der Waals surface area contributed by atoms with Crippen molar-refractivity contribution in [3.05, 3.63) is 71.8 Å². The summed E-state index contributed by atoms with van der Waals surface area (Å²) < 4.78 is 0. The average molecular weight is 280 g/mol. The third-order valence-electron chi connectivity index (χ3n) is 2.90. The molecule has 2 aromatic rings. The summed E-state index contributed by atoms with van der Waals surface area (Å²) in [6.45, 7) is 1.71. The predicted octanol–water partition coefficient (Wildman–Crippen LogP) is 3.07. The number of nitrogens with zero attached hydrogens (tertiary/aromatic N) is 1. The third kappa shape index (κ3) is 4.38. The second-order valence-corrected chi connectivity index (χ2v) is 4.62. The number of hydrogen-bond donors (Lipinski definition) is 1. The number of rotatable bonds is 5. The molecule has 0 saturated heterocycles.